The van der Waals surface area contributed by atoms with E-state index in [2.05, 4.69) is 51.8 Å². The molecule has 0 aromatic carbocycles. The summed E-state index contributed by atoms with van der Waals surface area (Å²) in [7, 11) is 0. The third-order valence-electron chi connectivity index (χ3n) is 5.78. The number of hydrogen-bond donors (Lipinski definition) is 1. The van der Waals surface area contributed by atoms with Gasteiger partial charge in [0.05, 0.1) is 0 Å². The van der Waals surface area contributed by atoms with E-state index in [4.69, 9.17) is 0 Å². The Morgan fingerprint density at radius 2 is 1.67 bits per heavy atom. The fourth-order valence-electron chi connectivity index (χ4n) is 4.26. The minimum Gasteiger partial charge on any atom is -0.311 e. The van der Waals surface area contributed by atoms with Crippen LogP contribution < -0.4 is 5.32 Å². The Labute approximate surface area is 133 Å². The molecule has 0 aromatic heterocycles. The summed E-state index contributed by atoms with van der Waals surface area (Å²) < 4.78 is 0. The smallest absolute Gasteiger partial charge is 0.00967 e. The largest absolute Gasteiger partial charge is 0.311 e. The Hall–Kier alpha value is -0.0800. The fourth-order valence-corrected chi connectivity index (χ4v) is 4.26. The minimum absolute atomic E-state index is 0.236. The van der Waals surface area contributed by atoms with Gasteiger partial charge in [-0.05, 0) is 64.2 Å². The molecule has 0 radical (unpaired) electrons. The maximum atomic E-state index is 3.82. The first-order valence-corrected chi connectivity index (χ1v) is 9.18. The van der Waals surface area contributed by atoms with Gasteiger partial charge in [0.25, 0.3) is 0 Å². The van der Waals surface area contributed by atoms with Crippen molar-refractivity contribution < 1.29 is 0 Å². The third kappa shape index (κ3) is 4.96. The average Bonchev–Trinajstić information content (AvgIpc) is 2.68. The molecule has 0 amide bonds. The van der Waals surface area contributed by atoms with E-state index in [1.807, 2.05) is 0 Å². The lowest BCUT2D eigenvalue weighted by Gasteiger charge is -2.44. The molecule has 0 aromatic rings. The molecule has 1 N–H and O–H groups in total. The van der Waals surface area contributed by atoms with E-state index in [0.29, 0.717) is 5.41 Å². The van der Waals surface area contributed by atoms with E-state index in [-0.39, 0.29) is 5.54 Å². The maximum Gasteiger partial charge on any atom is 0.00967 e. The first kappa shape index (κ1) is 17.3. The molecule has 2 heteroatoms. The molecule has 124 valence electrons. The Bertz CT molecular complexity index is 323. The van der Waals surface area contributed by atoms with Gasteiger partial charge in [-0.15, -0.1) is 0 Å². The summed E-state index contributed by atoms with van der Waals surface area (Å²) in [5.41, 5.74) is 0.748. The van der Waals surface area contributed by atoms with Crippen LogP contribution in [0.15, 0.2) is 0 Å². The van der Waals surface area contributed by atoms with Crippen LogP contribution >= 0.6 is 0 Å². The highest BCUT2D eigenvalue weighted by molar-refractivity contribution is 4.94. The number of hydrogen-bond acceptors (Lipinski definition) is 2. The lowest BCUT2D eigenvalue weighted by atomic mass is 9.70. The molecule has 2 rings (SSSR count). The van der Waals surface area contributed by atoms with Crippen LogP contribution in [0.3, 0.4) is 0 Å². The van der Waals surface area contributed by atoms with Crippen molar-refractivity contribution in [3.05, 3.63) is 0 Å². The van der Waals surface area contributed by atoms with Crippen LogP contribution in [0, 0.1) is 17.3 Å². The number of nitrogens with zero attached hydrogens (tertiary/aromatic N) is 1. The summed E-state index contributed by atoms with van der Waals surface area (Å²) in [5.74, 6) is 1.82. The second-order valence-electron chi connectivity index (χ2n) is 9.41. The van der Waals surface area contributed by atoms with Crippen molar-refractivity contribution in [3.63, 3.8) is 0 Å². The number of likely N-dealkylation sites (tertiary alicyclic amines) is 1. The predicted molar refractivity (Wildman–Crippen MR) is 92.6 cm³/mol. The highest BCUT2D eigenvalue weighted by atomic mass is 15.2. The third-order valence-corrected chi connectivity index (χ3v) is 5.78. The Morgan fingerprint density at radius 1 is 1.05 bits per heavy atom. The normalized spacial score (nSPS) is 38.9. The summed E-state index contributed by atoms with van der Waals surface area (Å²) in [6, 6.07) is 0.783. The van der Waals surface area contributed by atoms with Gasteiger partial charge in [0.15, 0.2) is 0 Å². The zero-order valence-corrected chi connectivity index (χ0v) is 15.3. The number of nitrogens with one attached hydrogen (secondary N) is 1. The molecule has 1 heterocycles. The van der Waals surface area contributed by atoms with E-state index in [9.17, 15) is 0 Å². The standard InChI is InChI=1S/C19H38N2/c1-15-7-9-19(10-8-15,13-20-18(4,5)6)14-21-12-16(2)11-17(21)3/h15-17,20H,7-14H2,1-6H3. The molecule has 0 spiro atoms. The molecular weight excluding hydrogens is 256 g/mol. The quantitative estimate of drug-likeness (QED) is 0.831. The zero-order chi connectivity index (χ0) is 15.7. The van der Waals surface area contributed by atoms with E-state index in [1.165, 1.54) is 51.7 Å². The highest BCUT2D eigenvalue weighted by Gasteiger charge is 2.39. The summed E-state index contributed by atoms with van der Waals surface area (Å²) in [4.78, 5) is 2.78. The van der Waals surface area contributed by atoms with Gasteiger partial charge in [-0.3, -0.25) is 4.90 Å². The van der Waals surface area contributed by atoms with Crippen LogP contribution in [0.4, 0.5) is 0 Å². The van der Waals surface area contributed by atoms with Gasteiger partial charge < -0.3 is 5.32 Å². The van der Waals surface area contributed by atoms with Gasteiger partial charge in [0.2, 0.25) is 0 Å². The lowest BCUT2D eigenvalue weighted by molar-refractivity contribution is 0.0759. The summed E-state index contributed by atoms with van der Waals surface area (Å²) in [6.07, 6.45) is 7.05. The molecule has 21 heavy (non-hydrogen) atoms. The fraction of sp³-hybridized carbons (Fsp3) is 1.00. The zero-order valence-electron chi connectivity index (χ0n) is 15.3. The Morgan fingerprint density at radius 3 is 2.14 bits per heavy atom. The molecule has 2 nitrogen and oxygen atoms in total. The Balaban J connectivity index is 2.01. The maximum absolute atomic E-state index is 3.82. The van der Waals surface area contributed by atoms with Crippen molar-refractivity contribution in [2.45, 2.75) is 85.2 Å². The highest BCUT2D eigenvalue weighted by Crippen LogP contribution is 2.41. The second kappa shape index (κ2) is 6.58. The second-order valence-corrected chi connectivity index (χ2v) is 9.41. The molecular formula is C19H38N2. The first-order chi connectivity index (χ1) is 9.69. The molecule has 1 aliphatic heterocycles. The summed E-state index contributed by atoms with van der Waals surface area (Å²) in [6.45, 7) is 18.0. The molecule has 2 atom stereocenters. The molecule has 1 saturated heterocycles. The van der Waals surface area contributed by atoms with Crippen molar-refractivity contribution in [2.75, 3.05) is 19.6 Å². The molecule has 2 aliphatic rings. The lowest BCUT2D eigenvalue weighted by Crippen LogP contribution is -2.50. The van der Waals surface area contributed by atoms with Gasteiger partial charge in [-0.1, -0.05) is 26.7 Å². The van der Waals surface area contributed by atoms with Gasteiger partial charge >= 0.3 is 0 Å². The molecule has 0 bridgehead atoms. The minimum atomic E-state index is 0.236. The van der Waals surface area contributed by atoms with E-state index in [1.54, 1.807) is 0 Å². The first-order valence-electron chi connectivity index (χ1n) is 9.18. The topological polar surface area (TPSA) is 15.3 Å². The average molecular weight is 295 g/mol. The molecule has 1 saturated carbocycles. The monoisotopic (exact) mass is 294 g/mol. The van der Waals surface area contributed by atoms with Crippen LogP contribution in [0.5, 0.6) is 0 Å². The van der Waals surface area contributed by atoms with Gasteiger partial charge in [-0.25, -0.2) is 0 Å². The summed E-state index contributed by atoms with van der Waals surface area (Å²) >= 11 is 0. The number of rotatable bonds is 4. The van der Waals surface area contributed by atoms with E-state index in [0.717, 1.165) is 17.9 Å². The van der Waals surface area contributed by atoms with E-state index >= 15 is 0 Å². The van der Waals surface area contributed by atoms with Crippen molar-refractivity contribution in [3.8, 4) is 0 Å². The van der Waals surface area contributed by atoms with Crippen LogP contribution in [-0.2, 0) is 0 Å². The van der Waals surface area contributed by atoms with E-state index < -0.39 is 0 Å². The molecule has 1 aliphatic carbocycles. The van der Waals surface area contributed by atoms with Crippen molar-refractivity contribution >= 4 is 0 Å². The van der Waals surface area contributed by atoms with Gasteiger partial charge in [0, 0.05) is 31.2 Å². The predicted octanol–water partition coefficient (Wildman–Crippen LogP) is 4.30. The van der Waals surface area contributed by atoms with Gasteiger partial charge in [0.1, 0.15) is 0 Å². The molecule has 2 fully saturated rings. The van der Waals surface area contributed by atoms with Crippen LogP contribution in [-0.4, -0.2) is 36.1 Å². The molecule has 2 unspecified atom stereocenters. The SMILES string of the molecule is CC1CCC(CNC(C)(C)C)(CN2CC(C)CC2C)CC1. The summed E-state index contributed by atoms with van der Waals surface area (Å²) in [5, 5.41) is 3.82. The van der Waals surface area contributed by atoms with Crippen molar-refractivity contribution in [1.82, 2.24) is 10.2 Å². The Kier molecular flexibility index (Phi) is 5.41. The van der Waals surface area contributed by atoms with Crippen LogP contribution in [0.2, 0.25) is 0 Å². The van der Waals surface area contributed by atoms with Gasteiger partial charge in [-0.2, -0.15) is 0 Å². The van der Waals surface area contributed by atoms with Crippen LogP contribution in [0.1, 0.15) is 73.6 Å². The van der Waals surface area contributed by atoms with Crippen LogP contribution in [0.25, 0.3) is 0 Å². The van der Waals surface area contributed by atoms with Crippen molar-refractivity contribution in [1.29, 1.82) is 0 Å². The van der Waals surface area contributed by atoms with Crippen molar-refractivity contribution in [2.24, 2.45) is 17.3 Å².